The van der Waals surface area contributed by atoms with E-state index in [1.807, 2.05) is 0 Å². The van der Waals surface area contributed by atoms with Crippen LogP contribution in [-0.2, 0) is 0 Å². The molecule has 0 saturated heterocycles. The summed E-state index contributed by atoms with van der Waals surface area (Å²) in [7, 11) is 0. The smallest absolute Gasteiger partial charge is 0.222 e. The van der Waals surface area contributed by atoms with Gasteiger partial charge in [-0.3, -0.25) is 5.10 Å². The van der Waals surface area contributed by atoms with E-state index in [1.54, 1.807) is 0 Å². The maximum atomic E-state index is 8.62. The summed E-state index contributed by atoms with van der Waals surface area (Å²) in [5.74, 6) is 5.87. The van der Waals surface area contributed by atoms with Crippen LogP contribution in [0.4, 0.5) is 11.8 Å². The summed E-state index contributed by atoms with van der Waals surface area (Å²) < 4.78 is 0. The molecule has 0 atom stereocenters. The minimum absolute atomic E-state index is 0.00181. The van der Waals surface area contributed by atoms with Crippen LogP contribution < -0.4 is 11.5 Å². The molecule has 2 aromatic rings. The molecule has 0 bridgehead atoms. The van der Waals surface area contributed by atoms with Crippen molar-refractivity contribution in [3.8, 4) is 11.8 Å². The molecule has 7 heteroatoms. The lowest BCUT2D eigenvalue weighted by molar-refractivity contribution is 0.305. The molecule has 0 aliphatic rings. The molecule has 0 radical (unpaired) electrons. The minimum Gasteiger partial charge on any atom is -0.395 e. The Balaban J connectivity index is 2.56. The number of nitrogens with one attached hydrogen (secondary N) is 1. The van der Waals surface area contributed by atoms with E-state index in [0.29, 0.717) is 23.1 Å². The lowest BCUT2D eigenvalue weighted by Crippen LogP contribution is -1.98. The SMILES string of the molecule is Nc1nc(C#CCCO)c2[nH]nc(N)c2n1. The number of aromatic amines is 1. The summed E-state index contributed by atoms with van der Waals surface area (Å²) in [6, 6.07) is 0. The van der Waals surface area contributed by atoms with Crippen molar-refractivity contribution in [1.82, 2.24) is 20.2 Å². The van der Waals surface area contributed by atoms with Crippen LogP contribution in [0, 0.1) is 11.8 Å². The molecule has 2 rings (SSSR count). The van der Waals surface area contributed by atoms with Gasteiger partial charge in [-0.25, -0.2) is 9.97 Å². The van der Waals surface area contributed by atoms with E-state index < -0.39 is 0 Å². The van der Waals surface area contributed by atoms with Crippen LogP contribution >= 0.6 is 0 Å². The minimum atomic E-state index is 0.00181. The molecule has 2 aromatic heterocycles. The highest BCUT2D eigenvalue weighted by molar-refractivity contribution is 5.88. The van der Waals surface area contributed by atoms with Crippen molar-refractivity contribution in [1.29, 1.82) is 0 Å². The van der Waals surface area contributed by atoms with E-state index in [0.717, 1.165) is 0 Å². The van der Waals surface area contributed by atoms with Crippen LogP contribution in [0.5, 0.6) is 0 Å². The molecule has 0 unspecified atom stereocenters. The van der Waals surface area contributed by atoms with Gasteiger partial charge in [0, 0.05) is 6.42 Å². The van der Waals surface area contributed by atoms with Gasteiger partial charge >= 0.3 is 0 Å². The predicted octanol–water partition coefficient (Wildman–Crippen LogP) is -0.749. The molecule has 0 fully saturated rings. The van der Waals surface area contributed by atoms with E-state index in [9.17, 15) is 0 Å². The Kier molecular flexibility index (Phi) is 2.57. The lowest BCUT2D eigenvalue weighted by Gasteiger charge is -1.95. The highest BCUT2D eigenvalue weighted by atomic mass is 16.2. The van der Waals surface area contributed by atoms with E-state index in [2.05, 4.69) is 32.0 Å². The predicted molar refractivity (Wildman–Crippen MR) is 59.1 cm³/mol. The average Bonchev–Trinajstić information content (AvgIpc) is 2.61. The van der Waals surface area contributed by atoms with Crippen molar-refractivity contribution in [2.45, 2.75) is 6.42 Å². The third-order valence-corrected chi connectivity index (χ3v) is 1.90. The number of aliphatic hydroxyl groups excluding tert-OH is 1. The number of hydrogen-bond acceptors (Lipinski definition) is 6. The van der Waals surface area contributed by atoms with Gasteiger partial charge in [0.2, 0.25) is 5.95 Å². The molecule has 0 saturated carbocycles. The Hall–Kier alpha value is -2.33. The molecule has 82 valence electrons. The molecule has 6 N–H and O–H groups in total. The Labute approximate surface area is 90.9 Å². The van der Waals surface area contributed by atoms with Crippen molar-refractivity contribution in [2.75, 3.05) is 18.1 Å². The number of aliphatic hydroxyl groups is 1. The van der Waals surface area contributed by atoms with Crippen molar-refractivity contribution >= 4 is 22.8 Å². The first-order valence-electron chi connectivity index (χ1n) is 4.59. The molecule has 0 aromatic carbocycles. The fraction of sp³-hybridized carbons (Fsp3) is 0.222. The second-order valence-corrected chi connectivity index (χ2v) is 3.04. The third kappa shape index (κ3) is 1.74. The average molecular weight is 218 g/mol. The second-order valence-electron chi connectivity index (χ2n) is 3.04. The molecule has 0 aliphatic heterocycles. The molecule has 2 heterocycles. The van der Waals surface area contributed by atoms with Gasteiger partial charge in [-0.1, -0.05) is 5.92 Å². The highest BCUT2D eigenvalue weighted by Crippen LogP contribution is 2.18. The monoisotopic (exact) mass is 218 g/mol. The first-order valence-corrected chi connectivity index (χ1v) is 4.59. The molecule has 7 nitrogen and oxygen atoms in total. The van der Waals surface area contributed by atoms with Crippen LogP contribution in [0.25, 0.3) is 11.0 Å². The molecular weight excluding hydrogens is 208 g/mol. The summed E-state index contributed by atoms with van der Waals surface area (Å²) >= 11 is 0. The molecule has 0 aliphatic carbocycles. The fourth-order valence-electron chi connectivity index (χ4n) is 1.23. The Morgan fingerprint density at radius 2 is 2.12 bits per heavy atom. The van der Waals surface area contributed by atoms with Gasteiger partial charge in [-0.15, -0.1) is 0 Å². The standard InChI is InChI=1S/C9H10N6O/c10-8-7-6(14-15-8)5(3-1-2-4-16)12-9(11)13-7/h16H,2,4H2,(H3,10,14,15)(H2,11,12,13). The highest BCUT2D eigenvalue weighted by Gasteiger charge is 2.09. The normalized spacial score (nSPS) is 10.1. The van der Waals surface area contributed by atoms with Gasteiger partial charge < -0.3 is 16.6 Å². The first kappa shape index (κ1) is 10.2. The van der Waals surface area contributed by atoms with E-state index in [-0.39, 0.29) is 18.4 Å². The zero-order valence-electron chi connectivity index (χ0n) is 8.36. The van der Waals surface area contributed by atoms with E-state index in [1.165, 1.54) is 0 Å². The number of H-pyrrole nitrogens is 1. The summed E-state index contributed by atoms with van der Waals surface area (Å²) in [5, 5.41) is 15.1. The topological polar surface area (TPSA) is 127 Å². The molecule has 16 heavy (non-hydrogen) atoms. The largest absolute Gasteiger partial charge is 0.395 e. The quantitative estimate of drug-likeness (QED) is 0.466. The number of hydrogen-bond donors (Lipinski definition) is 4. The van der Waals surface area contributed by atoms with Crippen LogP contribution in [0.15, 0.2) is 0 Å². The van der Waals surface area contributed by atoms with Gasteiger partial charge in [0.1, 0.15) is 16.7 Å². The summed E-state index contributed by atoms with van der Waals surface area (Å²) in [5.41, 5.74) is 12.6. The van der Waals surface area contributed by atoms with Crippen LogP contribution in [0.3, 0.4) is 0 Å². The van der Waals surface area contributed by atoms with Crippen molar-refractivity contribution in [2.24, 2.45) is 0 Å². The van der Waals surface area contributed by atoms with Crippen LogP contribution in [0.2, 0.25) is 0 Å². The zero-order chi connectivity index (χ0) is 11.5. The van der Waals surface area contributed by atoms with Gasteiger partial charge in [0.25, 0.3) is 0 Å². The summed E-state index contributed by atoms with van der Waals surface area (Å²) in [6.07, 6.45) is 0.370. The van der Waals surface area contributed by atoms with Gasteiger partial charge in [0.15, 0.2) is 5.82 Å². The van der Waals surface area contributed by atoms with Crippen LogP contribution in [-0.4, -0.2) is 31.9 Å². The van der Waals surface area contributed by atoms with Gasteiger partial charge in [0.05, 0.1) is 6.61 Å². The number of nitrogens with zero attached hydrogens (tertiary/aromatic N) is 3. The third-order valence-electron chi connectivity index (χ3n) is 1.90. The number of nitrogens with two attached hydrogens (primary N) is 2. The number of nitrogen functional groups attached to an aromatic ring is 2. The number of rotatable bonds is 1. The first-order chi connectivity index (χ1) is 7.72. The maximum Gasteiger partial charge on any atom is 0.222 e. The number of fused-ring (bicyclic) bond motifs is 1. The van der Waals surface area contributed by atoms with Gasteiger partial charge in [-0.05, 0) is 5.92 Å². The Bertz CT molecular complexity index is 579. The summed E-state index contributed by atoms with van der Waals surface area (Å²) in [4.78, 5) is 7.93. The van der Waals surface area contributed by atoms with E-state index >= 15 is 0 Å². The van der Waals surface area contributed by atoms with Crippen molar-refractivity contribution < 1.29 is 5.11 Å². The zero-order valence-corrected chi connectivity index (χ0v) is 8.36. The Morgan fingerprint density at radius 1 is 1.31 bits per heavy atom. The molecular formula is C9H10N6O. The molecule has 0 spiro atoms. The fourth-order valence-corrected chi connectivity index (χ4v) is 1.23. The van der Waals surface area contributed by atoms with Crippen LogP contribution in [0.1, 0.15) is 12.1 Å². The van der Waals surface area contributed by atoms with Crippen molar-refractivity contribution in [3.63, 3.8) is 0 Å². The summed E-state index contributed by atoms with van der Waals surface area (Å²) in [6.45, 7) is 0.00181. The second kappa shape index (κ2) is 4.04. The Morgan fingerprint density at radius 3 is 2.88 bits per heavy atom. The van der Waals surface area contributed by atoms with Gasteiger partial charge in [-0.2, -0.15) is 5.10 Å². The van der Waals surface area contributed by atoms with E-state index in [4.69, 9.17) is 16.6 Å². The molecule has 0 amide bonds. The van der Waals surface area contributed by atoms with Crippen molar-refractivity contribution in [3.05, 3.63) is 5.69 Å². The number of aromatic nitrogens is 4. The lowest BCUT2D eigenvalue weighted by atomic mass is 10.3. The maximum absolute atomic E-state index is 8.62. The number of anilines is 2.